The number of hydrogen-bond acceptors (Lipinski definition) is 1. The van der Waals surface area contributed by atoms with Crippen LogP contribution >= 0.6 is 0 Å². The molecule has 1 N–H and O–H groups in total. The van der Waals surface area contributed by atoms with Gasteiger partial charge < -0.3 is 5.11 Å². The Labute approximate surface area is 165 Å². The minimum absolute atomic E-state index is 0.928. The van der Waals surface area contributed by atoms with Crippen molar-refractivity contribution in [3.63, 3.8) is 0 Å². The largest absolute Gasteiger partial charge is 0.376 e. The molecule has 0 saturated carbocycles. The van der Waals surface area contributed by atoms with E-state index in [1.807, 2.05) is 30.3 Å². The summed E-state index contributed by atoms with van der Waals surface area (Å²) in [4.78, 5) is 0. The summed E-state index contributed by atoms with van der Waals surface area (Å²) in [7, 11) is 0. The van der Waals surface area contributed by atoms with Gasteiger partial charge in [0.1, 0.15) is 5.60 Å². The monoisotopic (exact) mass is 362 g/mol. The zero-order valence-corrected chi connectivity index (χ0v) is 16.1. The molecule has 0 atom stereocenters. The summed E-state index contributed by atoms with van der Waals surface area (Å²) in [5, 5.41) is 12.4. The average Bonchev–Trinajstić information content (AvgIpc) is 2.97. The van der Waals surface area contributed by atoms with Crippen molar-refractivity contribution in [2.75, 3.05) is 0 Å². The third-order valence-corrected chi connectivity index (χ3v) is 5.82. The fraction of sp³-hybridized carbons (Fsp3) is 0.111. The van der Waals surface area contributed by atoms with Gasteiger partial charge in [-0.2, -0.15) is 0 Å². The Morgan fingerprint density at radius 1 is 0.536 bits per heavy atom. The third kappa shape index (κ3) is 2.37. The predicted molar refractivity (Wildman–Crippen MR) is 115 cm³/mol. The highest BCUT2D eigenvalue weighted by atomic mass is 16.3. The van der Waals surface area contributed by atoms with Crippen molar-refractivity contribution in [2.24, 2.45) is 0 Å². The molecule has 1 heteroatoms. The second-order valence-electron chi connectivity index (χ2n) is 7.72. The van der Waals surface area contributed by atoms with Crippen molar-refractivity contribution in [1.82, 2.24) is 0 Å². The molecule has 0 heterocycles. The number of hydrogen-bond donors (Lipinski definition) is 1. The Morgan fingerprint density at radius 3 is 1.68 bits per heavy atom. The fourth-order valence-corrected chi connectivity index (χ4v) is 4.49. The first-order chi connectivity index (χ1) is 13.6. The van der Waals surface area contributed by atoms with Gasteiger partial charge in [0.25, 0.3) is 0 Å². The Morgan fingerprint density at radius 2 is 1.07 bits per heavy atom. The standard InChI is InChI=1S/C27H22O/c1-18-12-14-22-23-15-13-19(2)17-26(23)27(28,25(22)16-18)24-11-7-6-10-21(24)20-8-4-3-5-9-20/h3-17,28H,1-2H3. The zero-order chi connectivity index (χ0) is 19.3. The van der Waals surface area contributed by atoms with E-state index in [4.69, 9.17) is 0 Å². The molecule has 0 aliphatic heterocycles. The van der Waals surface area contributed by atoms with Gasteiger partial charge in [0.05, 0.1) is 0 Å². The number of aryl methyl sites for hydroxylation is 2. The molecule has 0 amide bonds. The van der Waals surface area contributed by atoms with Crippen LogP contribution in [-0.4, -0.2) is 5.11 Å². The van der Waals surface area contributed by atoms with Crippen LogP contribution in [0.15, 0.2) is 91.0 Å². The van der Waals surface area contributed by atoms with E-state index in [2.05, 4.69) is 74.5 Å². The van der Waals surface area contributed by atoms with Crippen molar-refractivity contribution in [2.45, 2.75) is 19.4 Å². The maximum atomic E-state index is 12.4. The Balaban J connectivity index is 1.87. The van der Waals surface area contributed by atoms with Crippen molar-refractivity contribution >= 4 is 0 Å². The first kappa shape index (κ1) is 17.0. The molecule has 0 unspecified atom stereocenters. The van der Waals surface area contributed by atoms with Crippen LogP contribution in [0, 0.1) is 13.8 Å². The molecule has 1 nitrogen and oxygen atoms in total. The molecular formula is C27H22O. The topological polar surface area (TPSA) is 20.2 Å². The molecule has 1 aliphatic rings. The van der Waals surface area contributed by atoms with Gasteiger partial charge in [-0.1, -0.05) is 102 Å². The number of aliphatic hydroxyl groups is 1. The summed E-state index contributed by atoms with van der Waals surface area (Å²) >= 11 is 0. The second kappa shape index (κ2) is 6.19. The van der Waals surface area contributed by atoms with Gasteiger partial charge in [-0.15, -0.1) is 0 Å². The average molecular weight is 362 g/mol. The summed E-state index contributed by atoms with van der Waals surface area (Å²) in [5.41, 5.74) is 8.41. The van der Waals surface area contributed by atoms with Crippen LogP contribution in [-0.2, 0) is 5.60 Å². The minimum Gasteiger partial charge on any atom is -0.376 e. The molecule has 4 aromatic rings. The number of fused-ring (bicyclic) bond motifs is 3. The van der Waals surface area contributed by atoms with E-state index >= 15 is 0 Å². The van der Waals surface area contributed by atoms with Crippen LogP contribution in [0.4, 0.5) is 0 Å². The molecule has 0 fully saturated rings. The first-order valence-electron chi connectivity index (χ1n) is 9.69. The normalized spacial score (nSPS) is 13.8. The summed E-state index contributed by atoms with van der Waals surface area (Å²) in [6, 6.07) is 31.3. The van der Waals surface area contributed by atoms with Gasteiger partial charge in [0.2, 0.25) is 0 Å². The van der Waals surface area contributed by atoms with E-state index in [1.165, 1.54) is 0 Å². The number of benzene rings is 4. The van der Waals surface area contributed by atoms with Crippen molar-refractivity contribution in [1.29, 1.82) is 0 Å². The van der Waals surface area contributed by atoms with Gasteiger partial charge in [-0.3, -0.25) is 0 Å². The molecule has 5 rings (SSSR count). The number of rotatable bonds is 2. The van der Waals surface area contributed by atoms with Gasteiger partial charge in [-0.05, 0) is 36.1 Å². The summed E-state index contributed by atoms with van der Waals surface area (Å²) < 4.78 is 0. The highest BCUT2D eigenvalue weighted by Gasteiger charge is 2.44. The predicted octanol–water partition coefficient (Wildman–Crippen LogP) is 6.24. The van der Waals surface area contributed by atoms with Crippen molar-refractivity contribution < 1.29 is 5.11 Å². The van der Waals surface area contributed by atoms with Crippen LogP contribution in [0.5, 0.6) is 0 Å². The molecule has 0 radical (unpaired) electrons. The zero-order valence-electron chi connectivity index (χ0n) is 16.1. The molecule has 136 valence electrons. The van der Waals surface area contributed by atoms with Gasteiger partial charge >= 0.3 is 0 Å². The minimum atomic E-state index is -1.17. The molecule has 0 spiro atoms. The summed E-state index contributed by atoms with van der Waals surface area (Å²) in [5.74, 6) is 0. The van der Waals surface area contributed by atoms with Gasteiger partial charge in [0, 0.05) is 16.7 Å². The summed E-state index contributed by atoms with van der Waals surface area (Å²) in [6.45, 7) is 4.16. The van der Waals surface area contributed by atoms with Crippen LogP contribution < -0.4 is 0 Å². The van der Waals surface area contributed by atoms with Crippen molar-refractivity contribution in [3.05, 3.63) is 119 Å². The lowest BCUT2D eigenvalue weighted by molar-refractivity contribution is 0.131. The lowest BCUT2D eigenvalue weighted by atomic mass is 9.79. The maximum Gasteiger partial charge on any atom is 0.142 e. The van der Waals surface area contributed by atoms with E-state index < -0.39 is 5.60 Å². The molecule has 1 aliphatic carbocycles. The SMILES string of the molecule is Cc1ccc2c(c1)C(O)(c1ccccc1-c1ccccc1)c1cc(C)ccc1-2. The lowest BCUT2D eigenvalue weighted by Crippen LogP contribution is -2.27. The van der Waals surface area contributed by atoms with Crippen LogP contribution in [0.3, 0.4) is 0 Å². The first-order valence-corrected chi connectivity index (χ1v) is 9.69. The Kier molecular flexibility index (Phi) is 3.75. The van der Waals surface area contributed by atoms with Crippen LogP contribution in [0.1, 0.15) is 27.8 Å². The second-order valence-corrected chi connectivity index (χ2v) is 7.72. The summed E-state index contributed by atoms with van der Waals surface area (Å²) in [6.07, 6.45) is 0. The quantitative estimate of drug-likeness (QED) is 0.448. The Bertz CT molecular complexity index is 1140. The van der Waals surface area contributed by atoms with Gasteiger partial charge in [-0.25, -0.2) is 0 Å². The fourth-order valence-electron chi connectivity index (χ4n) is 4.49. The van der Waals surface area contributed by atoms with E-state index in [0.717, 1.165) is 50.1 Å². The molecular weight excluding hydrogens is 340 g/mol. The smallest absolute Gasteiger partial charge is 0.142 e. The van der Waals surface area contributed by atoms with Gasteiger partial charge in [0.15, 0.2) is 0 Å². The molecule has 0 aromatic heterocycles. The van der Waals surface area contributed by atoms with E-state index in [-0.39, 0.29) is 0 Å². The van der Waals surface area contributed by atoms with Crippen LogP contribution in [0.25, 0.3) is 22.3 Å². The Hall–Kier alpha value is -3.16. The van der Waals surface area contributed by atoms with E-state index in [0.29, 0.717) is 0 Å². The van der Waals surface area contributed by atoms with Crippen molar-refractivity contribution in [3.8, 4) is 22.3 Å². The highest BCUT2D eigenvalue weighted by Crippen LogP contribution is 2.53. The van der Waals surface area contributed by atoms with Crippen LogP contribution in [0.2, 0.25) is 0 Å². The third-order valence-electron chi connectivity index (χ3n) is 5.82. The van der Waals surface area contributed by atoms with E-state index in [9.17, 15) is 5.11 Å². The maximum absolute atomic E-state index is 12.4. The van der Waals surface area contributed by atoms with E-state index in [1.54, 1.807) is 0 Å². The molecule has 4 aromatic carbocycles. The molecule has 28 heavy (non-hydrogen) atoms. The highest BCUT2D eigenvalue weighted by molar-refractivity contribution is 5.85. The molecule has 0 bridgehead atoms. The molecule has 0 saturated heterocycles. The lowest BCUT2D eigenvalue weighted by Gasteiger charge is -2.29.